The van der Waals surface area contributed by atoms with Gasteiger partial charge in [0.1, 0.15) is 23.2 Å². The zero-order valence-corrected chi connectivity index (χ0v) is 16.6. The van der Waals surface area contributed by atoms with Crippen molar-refractivity contribution in [2.45, 2.75) is 32.1 Å². The molecule has 0 saturated carbocycles. The second-order valence-electron chi connectivity index (χ2n) is 7.11. The van der Waals surface area contributed by atoms with E-state index < -0.39 is 0 Å². The lowest BCUT2D eigenvalue weighted by Gasteiger charge is -2.12. The number of anilines is 3. The lowest BCUT2D eigenvalue weighted by molar-refractivity contribution is 0.656. The molecule has 3 heterocycles. The zero-order chi connectivity index (χ0) is 20.4. The Kier molecular flexibility index (Phi) is 5.07. The highest BCUT2D eigenvalue weighted by atomic mass is 15.1. The van der Waals surface area contributed by atoms with E-state index in [1.807, 2.05) is 18.3 Å². The number of aryl methyl sites for hydroxylation is 1. The lowest BCUT2D eigenvalue weighted by atomic mass is 10.00. The average Bonchev–Trinajstić information content (AvgIpc) is 3.14. The molecule has 0 aromatic carbocycles. The summed E-state index contributed by atoms with van der Waals surface area (Å²) in [6.45, 7) is 2.23. The SMILES string of the molecule is CC[C@@H]1CCc2cnc(Nc3cc4cc(C(/C=N\N)=NC)nc(N)c4cn3)cc21. The number of hydrogen-bond donors (Lipinski definition) is 3. The van der Waals surface area contributed by atoms with Gasteiger partial charge in [-0.3, -0.25) is 4.99 Å². The van der Waals surface area contributed by atoms with Gasteiger partial charge < -0.3 is 16.9 Å². The Bertz CT molecular complexity index is 1120. The number of pyridine rings is 3. The molecule has 4 rings (SSSR count). The van der Waals surface area contributed by atoms with Crippen molar-refractivity contribution < 1.29 is 0 Å². The van der Waals surface area contributed by atoms with E-state index >= 15 is 0 Å². The maximum atomic E-state index is 6.13. The topological polar surface area (TPSA) is 127 Å². The first-order valence-electron chi connectivity index (χ1n) is 9.65. The van der Waals surface area contributed by atoms with Crippen LogP contribution >= 0.6 is 0 Å². The van der Waals surface area contributed by atoms with E-state index in [1.54, 1.807) is 13.2 Å². The molecule has 0 fully saturated rings. The molecule has 8 heteroatoms. The summed E-state index contributed by atoms with van der Waals surface area (Å²) in [6, 6.07) is 5.97. The molecule has 5 N–H and O–H groups in total. The molecule has 0 amide bonds. The summed E-state index contributed by atoms with van der Waals surface area (Å²) in [5.41, 5.74) is 10.0. The Morgan fingerprint density at radius 1 is 1.24 bits per heavy atom. The number of nitrogens with zero attached hydrogens (tertiary/aromatic N) is 5. The molecule has 0 saturated heterocycles. The first-order chi connectivity index (χ1) is 14.1. The number of hydrogen-bond acceptors (Lipinski definition) is 8. The Morgan fingerprint density at radius 3 is 2.79 bits per heavy atom. The lowest BCUT2D eigenvalue weighted by Crippen LogP contribution is -2.09. The third-order valence-electron chi connectivity index (χ3n) is 5.42. The summed E-state index contributed by atoms with van der Waals surface area (Å²) in [5.74, 6) is 7.74. The van der Waals surface area contributed by atoms with Crippen molar-refractivity contribution in [1.82, 2.24) is 15.0 Å². The Labute approximate surface area is 169 Å². The van der Waals surface area contributed by atoms with Gasteiger partial charge in [-0.2, -0.15) is 5.10 Å². The molecule has 3 aromatic rings. The molecular formula is C21H24N8. The number of nitrogens with one attached hydrogen (secondary N) is 1. The minimum absolute atomic E-state index is 0.379. The minimum atomic E-state index is 0.379. The molecule has 1 aliphatic carbocycles. The van der Waals surface area contributed by atoms with E-state index in [4.69, 9.17) is 11.6 Å². The summed E-state index contributed by atoms with van der Waals surface area (Å²) in [5, 5.41) is 8.52. The number of fused-ring (bicyclic) bond motifs is 2. The molecule has 148 valence electrons. The highest BCUT2D eigenvalue weighted by Gasteiger charge is 2.21. The normalized spacial score (nSPS) is 16.5. The van der Waals surface area contributed by atoms with E-state index in [9.17, 15) is 0 Å². The Morgan fingerprint density at radius 2 is 2.03 bits per heavy atom. The predicted octanol–water partition coefficient (Wildman–Crippen LogP) is 3.15. The van der Waals surface area contributed by atoms with Crippen LogP contribution in [0.4, 0.5) is 17.5 Å². The number of hydrazone groups is 1. The van der Waals surface area contributed by atoms with Crippen LogP contribution in [0.5, 0.6) is 0 Å². The molecule has 0 bridgehead atoms. The van der Waals surface area contributed by atoms with Crippen molar-refractivity contribution >= 4 is 40.2 Å². The van der Waals surface area contributed by atoms with Crippen LogP contribution in [0.25, 0.3) is 10.8 Å². The summed E-state index contributed by atoms with van der Waals surface area (Å²) < 4.78 is 0. The second-order valence-corrected chi connectivity index (χ2v) is 7.11. The van der Waals surface area contributed by atoms with E-state index in [0.29, 0.717) is 29.0 Å². The molecule has 1 atom stereocenters. The van der Waals surface area contributed by atoms with Crippen molar-refractivity contribution in [3.05, 3.63) is 47.4 Å². The second kappa shape index (κ2) is 7.83. The third kappa shape index (κ3) is 3.61. The number of aliphatic imine (C=N–C) groups is 1. The van der Waals surface area contributed by atoms with Crippen molar-refractivity contribution in [2.24, 2.45) is 15.9 Å². The fourth-order valence-electron chi connectivity index (χ4n) is 3.88. The summed E-state index contributed by atoms with van der Waals surface area (Å²) in [6.07, 6.45) is 8.60. The van der Waals surface area contributed by atoms with Crippen LogP contribution in [0, 0.1) is 0 Å². The highest BCUT2D eigenvalue weighted by Crippen LogP contribution is 2.36. The molecule has 3 aromatic heterocycles. The predicted molar refractivity (Wildman–Crippen MR) is 118 cm³/mol. The summed E-state index contributed by atoms with van der Waals surface area (Å²) in [4.78, 5) is 17.6. The van der Waals surface area contributed by atoms with Gasteiger partial charge in [-0.05, 0) is 59.9 Å². The van der Waals surface area contributed by atoms with Crippen molar-refractivity contribution in [3.8, 4) is 0 Å². The fourth-order valence-corrected chi connectivity index (χ4v) is 3.88. The van der Waals surface area contributed by atoms with E-state index in [1.165, 1.54) is 23.8 Å². The van der Waals surface area contributed by atoms with Crippen LogP contribution in [0.2, 0.25) is 0 Å². The Balaban J connectivity index is 1.69. The van der Waals surface area contributed by atoms with Gasteiger partial charge >= 0.3 is 0 Å². The van der Waals surface area contributed by atoms with Crippen LogP contribution in [0.3, 0.4) is 0 Å². The quantitative estimate of drug-likeness (QED) is 0.350. The van der Waals surface area contributed by atoms with Gasteiger partial charge in [-0.1, -0.05) is 6.92 Å². The van der Waals surface area contributed by atoms with E-state index in [2.05, 4.69) is 43.4 Å². The molecule has 0 unspecified atom stereocenters. The number of nitrogen functional groups attached to an aromatic ring is 1. The van der Waals surface area contributed by atoms with Crippen LogP contribution < -0.4 is 16.9 Å². The monoisotopic (exact) mass is 388 g/mol. The van der Waals surface area contributed by atoms with Gasteiger partial charge in [-0.15, -0.1) is 0 Å². The molecule has 0 aliphatic heterocycles. The third-order valence-corrected chi connectivity index (χ3v) is 5.42. The highest BCUT2D eigenvalue weighted by molar-refractivity contribution is 6.38. The standard InChI is InChI=1S/C21H24N8/c1-3-12-4-5-13-9-25-20(8-15(12)13)29-19-7-14-6-17(18(24-2)11-27-23)28-21(22)16(14)10-26-19/h6-12H,3-5,23H2,1-2H3,(H2,22,28)(H,25,26,29)/b24-18?,27-11-/t12-/m1/s1. The van der Waals surface area contributed by atoms with Crippen LogP contribution in [-0.4, -0.2) is 33.9 Å². The summed E-state index contributed by atoms with van der Waals surface area (Å²) in [7, 11) is 1.65. The number of nitrogens with two attached hydrogens (primary N) is 2. The largest absolute Gasteiger partial charge is 0.383 e. The zero-order valence-electron chi connectivity index (χ0n) is 16.6. The molecule has 0 spiro atoms. The average molecular weight is 388 g/mol. The van der Waals surface area contributed by atoms with Gasteiger partial charge in [0, 0.05) is 24.8 Å². The molecule has 0 radical (unpaired) electrons. The van der Waals surface area contributed by atoms with Gasteiger partial charge in [-0.25, -0.2) is 15.0 Å². The molecule has 29 heavy (non-hydrogen) atoms. The minimum Gasteiger partial charge on any atom is -0.383 e. The van der Waals surface area contributed by atoms with E-state index in [0.717, 1.165) is 29.4 Å². The number of rotatable bonds is 5. The van der Waals surface area contributed by atoms with Crippen LogP contribution in [0.15, 0.2) is 40.7 Å². The maximum Gasteiger partial charge on any atom is 0.133 e. The van der Waals surface area contributed by atoms with E-state index in [-0.39, 0.29) is 0 Å². The van der Waals surface area contributed by atoms with Gasteiger partial charge in [0.25, 0.3) is 0 Å². The van der Waals surface area contributed by atoms with Crippen LogP contribution in [-0.2, 0) is 6.42 Å². The van der Waals surface area contributed by atoms with Gasteiger partial charge in [0.05, 0.1) is 11.9 Å². The smallest absolute Gasteiger partial charge is 0.133 e. The molecular weight excluding hydrogens is 364 g/mol. The van der Waals surface area contributed by atoms with Gasteiger partial charge in [0.15, 0.2) is 0 Å². The van der Waals surface area contributed by atoms with Crippen molar-refractivity contribution in [1.29, 1.82) is 0 Å². The first kappa shape index (κ1) is 18.8. The molecule has 8 nitrogen and oxygen atoms in total. The van der Waals surface area contributed by atoms with Crippen molar-refractivity contribution in [3.63, 3.8) is 0 Å². The fraction of sp³-hybridized carbons (Fsp3) is 0.286. The first-order valence-corrected chi connectivity index (χ1v) is 9.65. The summed E-state index contributed by atoms with van der Waals surface area (Å²) >= 11 is 0. The molecule has 1 aliphatic rings. The van der Waals surface area contributed by atoms with Gasteiger partial charge in [0.2, 0.25) is 0 Å². The van der Waals surface area contributed by atoms with Crippen molar-refractivity contribution in [2.75, 3.05) is 18.1 Å². The Hall–Kier alpha value is -3.55. The van der Waals surface area contributed by atoms with Crippen LogP contribution in [0.1, 0.15) is 42.5 Å². The maximum absolute atomic E-state index is 6.13. The number of aromatic nitrogens is 3.